The molecule has 3 N–H and O–H groups in total. The highest BCUT2D eigenvalue weighted by Crippen LogP contribution is 2.24. The van der Waals surface area contributed by atoms with Gasteiger partial charge < -0.3 is 15.7 Å². The van der Waals surface area contributed by atoms with Crippen molar-refractivity contribution in [3.63, 3.8) is 0 Å². The van der Waals surface area contributed by atoms with Gasteiger partial charge in [-0.15, -0.1) is 0 Å². The van der Waals surface area contributed by atoms with Gasteiger partial charge in [0.05, 0.1) is 12.3 Å². The predicted molar refractivity (Wildman–Crippen MR) is 62.8 cm³/mol. The highest BCUT2D eigenvalue weighted by Gasteiger charge is 2.09. The van der Waals surface area contributed by atoms with Crippen LogP contribution in [0.5, 0.6) is 0 Å². The molecule has 6 heteroatoms. The molecule has 2 amide bonds. The molecule has 1 heterocycles. The number of amides is 2. The van der Waals surface area contributed by atoms with Gasteiger partial charge in [-0.3, -0.25) is 0 Å². The molecule has 0 saturated carbocycles. The first-order valence-electron chi connectivity index (χ1n) is 4.84. The van der Waals surface area contributed by atoms with Crippen LogP contribution in [0.25, 0.3) is 0 Å². The largest absolute Gasteiger partial charge is 0.395 e. The topological polar surface area (TPSA) is 74.2 Å². The van der Waals surface area contributed by atoms with Crippen molar-refractivity contribution in [3.8, 4) is 0 Å². The third kappa shape index (κ3) is 3.36. The average molecular weight is 244 g/mol. The van der Waals surface area contributed by atoms with E-state index in [4.69, 9.17) is 16.7 Å². The third-order valence-electron chi connectivity index (χ3n) is 1.94. The average Bonchev–Trinajstić information content (AvgIpc) is 2.20. The molecule has 0 aliphatic carbocycles. The number of rotatable bonds is 3. The number of aliphatic hydroxyl groups is 1. The number of carbonyl (C=O) groups excluding carboxylic acids is 1. The van der Waals surface area contributed by atoms with Crippen molar-refractivity contribution in [3.05, 3.63) is 22.5 Å². The lowest BCUT2D eigenvalue weighted by molar-refractivity contribution is 0.245. The van der Waals surface area contributed by atoms with Crippen LogP contribution in [0.15, 0.2) is 6.07 Å². The maximum Gasteiger partial charge on any atom is 0.319 e. The zero-order valence-electron chi connectivity index (χ0n) is 9.17. The molecule has 1 rings (SSSR count). The number of anilines is 1. The fraction of sp³-hybridized carbons (Fsp3) is 0.400. The summed E-state index contributed by atoms with van der Waals surface area (Å²) in [6.07, 6.45) is 0. The van der Waals surface area contributed by atoms with Crippen molar-refractivity contribution < 1.29 is 9.90 Å². The van der Waals surface area contributed by atoms with Gasteiger partial charge in [0.15, 0.2) is 5.15 Å². The minimum Gasteiger partial charge on any atom is -0.395 e. The van der Waals surface area contributed by atoms with Crippen LogP contribution in [0, 0.1) is 13.8 Å². The Kier molecular flexibility index (Phi) is 4.52. The summed E-state index contributed by atoms with van der Waals surface area (Å²) in [5, 5.41) is 13.9. The number of nitrogens with one attached hydrogen (secondary N) is 2. The second-order valence-electron chi connectivity index (χ2n) is 3.35. The molecular formula is C10H14ClN3O2. The summed E-state index contributed by atoms with van der Waals surface area (Å²) in [5.41, 5.74) is 2.13. The Morgan fingerprint density at radius 3 is 2.81 bits per heavy atom. The van der Waals surface area contributed by atoms with Crippen LogP contribution in [0.2, 0.25) is 5.15 Å². The van der Waals surface area contributed by atoms with Crippen molar-refractivity contribution in [1.82, 2.24) is 10.3 Å². The molecule has 0 fully saturated rings. The molecular weight excluding hydrogens is 230 g/mol. The molecule has 1 aromatic rings. The highest BCUT2D eigenvalue weighted by atomic mass is 35.5. The van der Waals surface area contributed by atoms with Gasteiger partial charge in [-0.2, -0.15) is 0 Å². The van der Waals surface area contributed by atoms with E-state index in [1.54, 1.807) is 0 Å². The first-order chi connectivity index (χ1) is 7.54. The van der Waals surface area contributed by atoms with E-state index in [0.717, 1.165) is 11.3 Å². The highest BCUT2D eigenvalue weighted by molar-refractivity contribution is 6.32. The molecule has 0 unspecified atom stereocenters. The molecule has 5 nitrogen and oxygen atoms in total. The molecule has 0 saturated heterocycles. The summed E-state index contributed by atoms with van der Waals surface area (Å²) < 4.78 is 0. The van der Waals surface area contributed by atoms with Crippen LogP contribution < -0.4 is 10.6 Å². The number of aryl methyl sites for hydroxylation is 2. The van der Waals surface area contributed by atoms with E-state index in [1.165, 1.54) is 0 Å². The summed E-state index contributed by atoms with van der Waals surface area (Å²) in [5.74, 6) is 0. The molecule has 1 aromatic heterocycles. The van der Waals surface area contributed by atoms with Gasteiger partial charge >= 0.3 is 6.03 Å². The zero-order valence-corrected chi connectivity index (χ0v) is 9.93. The summed E-state index contributed by atoms with van der Waals surface area (Å²) in [7, 11) is 0. The second kappa shape index (κ2) is 5.67. The number of aromatic nitrogens is 1. The monoisotopic (exact) mass is 243 g/mol. The van der Waals surface area contributed by atoms with E-state index in [2.05, 4.69) is 15.6 Å². The first kappa shape index (κ1) is 12.7. The maximum absolute atomic E-state index is 11.3. The predicted octanol–water partition coefficient (Wildman–Crippen LogP) is 1.47. The lowest BCUT2D eigenvalue weighted by Gasteiger charge is -2.11. The normalized spacial score (nSPS) is 10.0. The van der Waals surface area contributed by atoms with Gasteiger partial charge in [0.25, 0.3) is 0 Å². The van der Waals surface area contributed by atoms with Gasteiger partial charge in [0, 0.05) is 12.2 Å². The molecule has 0 spiro atoms. The minimum absolute atomic E-state index is 0.105. The van der Waals surface area contributed by atoms with Gasteiger partial charge in [-0.25, -0.2) is 9.78 Å². The Labute approximate surface area is 98.8 Å². The maximum atomic E-state index is 11.3. The van der Waals surface area contributed by atoms with Crippen molar-refractivity contribution >= 4 is 23.3 Å². The van der Waals surface area contributed by atoms with Crippen LogP contribution in [0.1, 0.15) is 11.3 Å². The number of nitrogens with zero attached hydrogens (tertiary/aromatic N) is 1. The molecule has 0 radical (unpaired) electrons. The summed E-state index contributed by atoms with van der Waals surface area (Å²) in [4.78, 5) is 15.4. The summed E-state index contributed by atoms with van der Waals surface area (Å²) in [6.45, 7) is 3.75. The fourth-order valence-electron chi connectivity index (χ4n) is 1.27. The number of hydrogen-bond donors (Lipinski definition) is 3. The van der Waals surface area contributed by atoms with Crippen LogP contribution in [-0.4, -0.2) is 29.3 Å². The molecule has 0 aliphatic heterocycles. The molecule has 0 aromatic carbocycles. The number of carbonyl (C=O) groups is 1. The van der Waals surface area contributed by atoms with Crippen molar-refractivity contribution in [1.29, 1.82) is 0 Å². The smallest absolute Gasteiger partial charge is 0.319 e. The van der Waals surface area contributed by atoms with Crippen molar-refractivity contribution in [2.75, 3.05) is 18.5 Å². The van der Waals surface area contributed by atoms with E-state index in [-0.39, 0.29) is 18.3 Å². The fourth-order valence-corrected chi connectivity index (χ4v) is 1.60. The quantitative estimate of drug-likeness (QED) is 0.704. The van der Waals surface area contributed by atoms with Gasteiger partial charge in [0.2, 0.25) is 0 Å². The standard InChI is InChI=1S/C10H14ClN3O2/c1-6-5-7(2)13-9(11)8(6)14-10(16)12-3-4-15/h5,15H,3-4H2,1-2H3,(H2,12,14,16). The molecule has 0 aliphatic rings. The van der Waals surface area contributed by atoms with Crippen LogP contribution in [0.4, 0.5) is 10.5 Å². The third-order valence-corrected chi connectivity index (χ3v) is 2.21. The Bertz CT molecular complexity index is 373. The molecule has 16 heavy (non-hydrogen) atoms. The van der Waals surface area contributed by atoms with Gasteiger partial charge in [-0.1, -0.05) is 11.6 Å². The van der Waals surface area contributed by atoms with E-state index in [0.29, 0.717) is 5.69 Å². The number of urea groups is 1. The van der Waals surface area contributed by atoms with E-state index < -0.39 is 6.03 Å². The Balaban J connectivity index is 2.77. The van der Waals surface area contributed by atoms with E-state index >= 15 is 0 Å². The second-order valence-corrected chi connectivity index (χ2v) is 3.71. The molecule has 88 valence electrons. The summed E-state index contributed by atoms with van der Waals surface area (Å²) in [6, 6.07) is 1.41. The first-order valence-corrected chi connectivity index (χ1v) is 5.22. The number of hydrogen-bond acceptors (Lipinski definition) is 3. The minimum atomic E-state index is -0.412. The summed E-state index contributed by atoms with van der Waals surface area (Å²) >= 11 is 5.91. The Morgan fingerprint density at radius 1 is 1.56 bits per heavy atom. The van der Waals surface area contributed by atoms with Gasteiger partial charge in [-0.05, 0) is 25.5 Å². The van der Waals surface area contributed by atoms with Crippen molar-refractivity contribution in [2.45, 2.75) is 13.8 Å². The lowest BCUT2D eigenvalue weighted by Crippen LogP contribution is -2.31. The van der Waals surface area contributed by atoms with E-state index in [9.17, 15) is 4.79 Å². The van der Waals surface area contributed by atoms with Crippen molar-refractivity contribution in [2.24, 2.45) is 0 Å². The Hall–Kier alpha value is -1.33. The number of pyridine rings is 1. The molecule has 0 atom stereocenters. The SMILES string of the molecule is Cc1cc(C)c(NC(=O)NCCO)c(Cl)n1. The lowest BCUT2D eigenvalue weighted by atomic mass is 10.2. The Morgan fingerprint density at radius 2 is 2.25 bits per heavy atom. The van der Waals surface area contributed by atoms with Crippen LogP contribution >= 0.6 is 11.6 Å². The van der Waals surface area contributed by atoms with E-state index in [1.807, 2.05) is 19.9 Å². The number of halogens is 1. The van der Waals surface area contributed by atoms with Crippen LogP contribution in [-0.2, 0) is 0 Å². The van der Waals surface area contributed by atoms with Gasteiger partial charge in [0.1, 0.15) is 0 Å². The zero-order chi connectivity index (χ0) is 12.1. The number of aliphatic hydroxyl groups excluding tert-OH is 1. The van der Waals surface area contributed by atoms with Crippen LogP contribution in [0.3, 0.4) is 0 Å². The molecule has 0 bridgehead atoms.